The standard InChI is InChI=1S/C16H26FN.C14H25N/c1-12(2)18-10-6-7-16(18)11-14(4)13(3)8-9-15(5)17;1-7-8-9-13(4)14(5)10-11-15(6)12(2)3/h8-9,12,14,16H,3,5-7,10-11H2,1-2,4H3;7-9,12,14H,1,4,10-11H2,2-3,5-6H3/b2*9-8-. The summed E-state index contributed by atoms with van der Waals surface area (Å²) in [5, 5.41) is 0. The van der Waals surface area contributed by atoms with Gasteiger partial charge in [-0.25, -0.2) is 4.39 Å². The Labute approximate surface area is 205 Å². The molecule has 0 aromatic rings. The Morgan fingerprint density at radius 1 is 1.00 bits per heavy atom. The van der Waals surface area contributed by atoms with Gasteiger partial charge >= 0.3 is 0 Å². The first kappa shape index (κ1) is 31.3. The summed E-state index contributed by atoms with van der Waals surface area (Å²) in [6.07, 6.45) is 13.8. The fourth-order valence-electron chi connectivity index (χ4n) is 3.91. The van der Waals surface area contributed by atoms with Crippen molar-refractivity contribution in [2.24, 2.45) is 11.8 Å². The molecule has 3 heteroatoms. The highest BCUT2D eigenvalue weighted by molar-refractivity contribution is 5.23. The molecule has 0 radical (unpaired) electrons. The van der Waals surface area contributed by atoms with Crippen molar-refractivity contribution < 1.29 is 4.39 Å². The molecule has 0 aromatic carbocycles. The van der Waals surface area contributed by atoms with Crippen molar-refractivity contribution in [1.29, 1.82) is 0 Å². The summed E-state index contributed by atoms with van der Waals surface area (Å²) in [5.41, 5.74) is 2.18. The molecule has 1 aliphatic heterocycles. The summed E-state index contributed by atoms with van der Waals surface area (Å²) in [6.45, 7) is 30.6. The van der Waals surface area contributed by atoms with Gasteiger partial charge in [0.2, 0.25) is 0 Å². The number of rotatable bonds is 13. The molecule has 0 saturated carbocycles. The zero-order valence-corrected chi connectivity index (χ0v) is 22.6. The molecular weight excluding hydrogens is 407 g/mol. The normalized spacial score (nSPS) is 18.7. The van der Waals surface area contributed by atoms with Gasteiger partial charge in [-0.15, -0.1) is 0 Å². The number of hydrogen-bond donors (Lipinski definition) is 0. The van der Waals surface area contributed by atoms with Crippen LogP contribution in [0.5, 0.6) is 0 Å². The SMILES string of the molecule is C=C(F)/C=C\C(=C)C(C)CC1CCCN1C(C)C.C=C/C=C\C(=C)C(C)CCN(C)C(C)C. The molecular formula is C30H51FN2. The van der Waals surface area contributed by atoms with Gasteiger partial charge in [0.1, 0.15) is 5.83 Å². The molecule has 1 fully saturated rings. The predicted molar refractivity (Wildman–Crippen MR) is 147 cm³/mol. The summed E-state index contributed by atoms with van der Waals surface area (Å²) in [5.74, 6) is 0.528. The molecule has 0 N–H and O–H groups in total. The number of likely N-dealkylation sites (tertiary alicyclic amines) is 1. The molecule has 0 aliphatic carbocycles. The van der Waals surface area contributed by atoms with Crippen LogP contribution in [-0.2, 0) is 0 Å². The fourth-order valence-corrected chi connectivity index (χ4v) is 3.91. The van der Waals surface area contributed by atoms with Gasteiger partial charge < -0.3 is 4.90 Å². The molecule has 3 unspecified atom stereocenters. The van der Waals surface area contributed by atoms with E-state index < -0.39 is 5.83 Å². The second-order valence-corrected chi connectivity index (χ2v) is 10.1. The van der Waals surface area contributed by atoms with E-state index in [4.69, 9.17) is 0 Å². The van der Waals surface area contributed by atoms with Gasteiger partial charge in [-0.2, -0.15) is 0 Å². The molecule has 1 heterocycles. The van der Waals surface area contributed by atoms with Gasteiger partial charge in [-0.1, -0.05) is 75.6 Å². The van der Waals surface area contributed by atoms with E-state index in [9.17, 15) is 4.39 Å². The highest BCUT2D eigenvalue weighted by Gasteiger charge is 2.27. The largest absolute Gasteiger partial charge is 0.304 e. The van der Waals surface area contributed by atoms with Crippen LogP contribution < -0.4 is 0 Å². The average Bonchev–Trinajstić information content (AvgIpc) is 3.22. The van der Waals surface area contributed by atoms with Crippen molar-refractivity contribution in [3.05, 3.63) is 73.7 Å². The lowest BCUT2D eigenvalue weighted by molar-refractivity contribution is 0.185. The van der Waals surface area contributed by atoms with E-state index in [1.54, 1.807) is 12.2 Å². The third-order valence-electron chi connectivity index (χ3n) is 6.70. The second kappa shape index (κ2) is 16.8. The number of halogens is 1. The average molecular weight is 459 g/mol. The molecule has 33 heavy (non-hydrogen) atoms. The minimum Gasteiger partial charge on any atom is -0.304 e. The molecule has 1 rings (SSSR count). The van der Waals surface area contributed by atoms with Crippen LogP contribution in [0.1, 0.15) is 67.2 Å². The number of allylic oxidation sites excluding steroid dienone is 8. The molecule has 0 spiro atoms. The maximum atomic E-state index is 12.6. The van der Waals surface area contributed by atoms with Gasteiger partial charge in [0, 0.05) is 18.1 Å². The minimum atomic E-state index is -0.409. The highest BCUT2D eigenvalue weighted by Crippen LogP contribution is 2.28. The van der Waals surface area contributed by atoms with Crippen molar-refractivity contribution in [3.8, 4) is 0 Å². The van der Waals surface area contributed by atoms with Crippen molar-refractivity contribution in [2.45, 2.75) is 85.4 Å². The van der Waals surface area contributed by atoms with Crippen molar-refractivity contribution in [3.63, 3.8) is 0 Å². The Kier molecular flexibility index (Phi) is 16.0. The van der Waals surface area contributed by atoms with Gasteiger partial charge in [0.25, 0.3) is 0 Å². The molecule has 1 aliphatic rings. The molecule has 0 bridgehead atoms. The van der Waals surface area contributed by atoms with Gasteiger partial charge in [-0.3, -0.25) is 4.90 Å². The van der Waals surface area contributed by atoms with Crippen LogP contribution >= 0.6 is 0 Å². The monoisotopic (exact) mass is 458 g/mol. The first-order valence-corrected chi connectivity index (χ1v) is 12.6. The van der Waals surface area contributed by atoms with Crippen molar-refractivity contribution >= 4 is 0 Å². The number of hydrogen-bond acceptors (Lipinski definition) is 2. The van der Waals surface area contributed by atoms with E-state index in [0.717, 1.165) is 25.0 Å². The Hall–Kier alpha value is -1.71. The van der Waals surface area contributed by atoms with Crippen LogP contribution in [-0.4, -0.2) is 48.1 Å². The Morgan fingerprint density at radius 3 is 2.12 bits per heavy atom. The van der Waals surface area contributed by atoms with E-state index in [1.165, 1.54) is 31.0 Å². The Bertz CT molecular complexity index is 671. The van der Waals surface area contributed by atoms with Crippen LogP contribution in [0.4, 0.5) is 4.39 Å². The van der Waals surface area contributed by atoms with E-state index >= 15 is 0 Å². The third kappa shape index (κ3) is 13.6. The fraction of sp³-hybridized carbons (Fsp3) is 0.600. The van der Waals surface area contributed by atoms with Crippen LogP contribution in [0, 0.1) is 11.8 Å². The van der Waals surface area contributed by atoms with E-state index in [0.29, 0.717) is 30.0 Å². The first-order chi connectivity index (χ1) is 15.4. The summed E-state index contributed by atoms with van der Waals surface area (Å²) < 4.78 is 12.6. The maximum absolute atomic E-state index is 12.6. The quantitative estimate of drug-likeness (QED) is 0.257. The van der Waals surface area contributed by atoms with E-state index in [1.807, 2.05) is 12.2 Å². The second-order valence-electron chi connectivity index (χ2n) is 10.1. The van der Waals surface area contributed by atoms with Crippen LogP contribution in [0.25, 0.3) is 0 Å². The van der Waals surface area contributed by atoms with Crippen LogP contribution in [0.15, 0.2) is 73.7 Å². The summed E-state index contributed by atoms with van der Waals surface area (Å²) in [6, 6.07) is 1.88. The van der Waals surface area contributed by atoms with Crippen LogP contribution in [0.2, 0.25) is 0 Å². The maximum Gasteiger partial charge on any atom is 0.116 e. The Morgan fingerprint density at radius 2 is 1.61 bits per heavy atom. The molecule has 0 amide bonds. The molecule has 0 aromatic heterocycles. The lowest BCUT2D eigenvalue weighted by Crippen LogP contribution is -2.36. The van der Waals surface area contributed by atoms with E-state index in [2.05, 4.69) is 84.7 Å². The third-order valence-corrected chi connectivity index (χ3v) is 6.70. The summed E-state index contributed by atoms with van der Waals surface area (Å²) >= 11 is 0. The number of nitrogens with zero attached hydrogens (tertiary/aromatic N) is 2. The Balaban J connectivity index is 0.000000633. The molecule has 3 atom stereocenters. The first-order valence-electron chi connectivity index (χ1n) is 12.6. The van der Waals surface area contributed by atoms with Gasteiger partial charge in [-0.05, 0) is 91.4 Å². The smallest absolute Gasteiger partial charge is 0.116 e. The minimum absolute atomic E-state index is 0.393. The van der Waals surface area contributed by atoms with Gasteiger partial charge in [0.05, 0.1) is 0 Å². The van der Waals surface area contributed by atoms with E-state index in [-0.39, 0.29) is 0 Å². The highest BCUT2D eigenvalue weighted by atomic mass is 19.1. The molecule has 188 valence electrons. The lowest BCUT2D eigenvalue weighted by Gasteiger charge is -2.30. The topological polar surface area (TPSA) is 6.48 Å². The zero-order valence-electron chi connectivity index (χ0n) is 22.6. The summed E-state index contributed by atoms with van der Waals surface area (Å²) in [4.78, 5) is 4.93. The van der Waals surface area contributed by atoms with Crippen LogP contribution in [0.3, 0.4) is 0 Å². The van der Waals surface area contributed by atoms with Crippen molar-refractivity contribution in [2.75, 3.05) is 20.1 Å². The summed E-state index contributed by atoms with van der Waals surface area (Å²) in [7, 11) is 2.17. The lowest BCUT2D eigenvalue weighted by atomic mass is 9.93. The van der Waals surface area contributed by atoms with Crippen molar-refractivity contribution in [1.82, 2.24) is 9.80 Å². The zero-order chi connectivity index (χ0) is 25.6. The molecule has 1 saturated heterocycles. The van der Waals surface area contributed by atoms with Gasteiger partial charge in [0.15, 0.2) is 0 Å². The predicted octanol–water partition coefficient (Wildman–Crippen LogP) is 8.13. The molecule has 2 nitrogen and oxygen atoms in total.